The molecule has 0 radical (unpaired) electrons. The zero-order valence-corrected chi connectivity index (χ0v) is 10.4. The van der Waals surface area contributed by atoms with Crippen LogP contribution in [0, 0.1) is 0 Å². The minimum absolute atomic E-state index is 0.0250. The van der Waals surface area contributed by atoms with Gasteiger partial charge < -0.3 is 18.9 Å². The molecular formula is C11H20O6. The molecule has 0 aromatic rings. The van der Waals surface area contributed by atoms with E-state index in [-0.39, 0.29) is 26.1 Å². The first-order valence-corrected chi connectivity index (χ1v) is 5.58. The SMILES string of the molecule is CCOCCOC(=O)CCC(=O)OCCOC. The zero-order valence-electron chi connectivity index (χ0n) is 10.4. The van der Waals surface area contributed by atoms with E-state index in [2.05, 4.69) is 0 Å². The number of ether oxygens (including phenoxy) is 4. The number of hydrogen-bond donors (Lipinski definition) is 0. The zero-order chi connectivity index (χ0) is 12.9. The van der Waals surface area contributed by atoms with Gasteiger partial charge in [0.15, 0.2) is 0 Å². The van der Waals surface area contributed by atoms with Gasteiger partial charge in [-0.3, -0.25) is 9.59 Å². The molecule has 6 heteroatoms. The van der Waals surface area contributed by atoms with Gasteiger partial charge >= 0.3 is 11.9 Å². The van der Waals surface area contributed by atoms with Crippen LogP contribution in [0.25, 0.3) is 0 Å². The summed E-state index contributed by atoms with van der Waals surface area (Å²) in [6.45, 7) is 3.59. The summed E-state index contributed by atoms with van der Waals surface area (Å²) in [6, 6.07) is 0. The highest BCUT2D eigenvalue weighted by Crippen LogP contribution is 1.96. The molecule has 0 saturated heterocycles. The molecule has 0 rings (SSSR count). The van der Waals surface area contributed by atoms with Crippen molar-refractivity contribution in [2.24, 2.45) is 0 Å². The first-order valence-electron chi connectivity index (χ1n) is 5.58. The Morgan fingerprint density at radius 2 is 1.41 bits per heavy atom. The lowest BCUT2D eigenvalue weighted by Gasteiger charge is -2.05. The van der Waals surface area contributed by atoms with Gasteiger partial charge in [-0.15, -0.1) is 0 Å². The number of rotatable bonds is 10. The van der Waals surface area contributed by atoms with E-state index < -0.39 is 11.9 Å². The predicted octanol–water partition coefficient (Wildman–Crippen LogP) is 0.536. The molecule has 0 bridgehead atoms. The third-order valence-electron chi connectivity index (χ3n) is 1.78. The molecule has 0 unspecified atom stereocenters. The van der Waals surface area contributed by atoms with Gasteiger partial charge in [-0.05, 0) is 6.92 Å². The minimum Gasteiger partial charge on any atom is -0.463 e. The highest BCUT2D eigenvalue weighted by atomic mass is 16.6. The van der Waals surface area contributed by atoms with Crippen molar-refractivity contribution in [3.8, 4) is 0 Å². The highest BCUT2D eigenvalue weighted by molar-refractivity contribution is 5.77. The Morgan fingerprint density at radius 3 is 1.88 bits per heavy atom. The molecule has 0 heterocycles. The molecular weight excluding hydrogens is 228 g/mol. The summed E-state index contributed by atoms with van der Waals surface area (Å²) in [6.07, 6.45) is 0.0507. The number of hydrogen-bond acceptors (Lipinski definition) is 6. The smallest absolute Gasteiger partial charge is 0.306 e. The molecule has 0 aliphatic rings. The fourth-order valence-electron chi connectivity index (χ4n) is 0.946. The normalized spacial score (nSPS) is 10.0. The van der Waals surface area contributed by atoms with Gasteiger partial charge in [0.05, 0.1) is 26.1 Å². The second kappa shape index (κ2) is 11.3. The van der Waals surface area contributed by atoms with Gasteiger partial charge in [0.1, 0.15) is 13.2 Å². The van der Waals surface area contributed by atoms with Gasteiger partial charge in [0, 0.05) is 13.7 Å². The molecule has 0 aliphatic carbocycles. The van der Waals surface area contributed by atoms with Crippen LogP contribution >= 0.6 is 0 Å². The number of esters is 2. The molecule has 0 aromatic carbocycles. The molecule has 0 atom stereocenters. The lowest BCUT2D eigenvalue weighted by molar-refractivity contribution is -0.151. The maximum absolute atomic E-state index is 11.1. The number of carbonyl (C=O) groups is 2. The van der Waals surface area contributed by atoms with Crippen molar-refractivity contribution in [1.82, 2.24) is 0 Å². The average Bonchev–Trinajstić information content (AvgIpc) is 2.32. The van der Waals surface area contributed by atoms with Crippen LogP contribution in [0.15, 0.2) is 0 Å². The van der Waals surface area contributed by atoms with E-state index in [0.29, 0.717) is 19.8 Å². The van der Waals surface area contributed by atoms with Crippen molar-refractivity contribution in [3.63, 3.8) is 0 Å². The number of methoxy groups -OCH3 is 1. The number of carbonyl (C=O) groups excluding carboxylic acids is 2. The van der Waals surface area contributed by atoms with Gasteiger partial charge in [0.25, 0.3) is 0 Å². The van der Waals surface area contributed by atoms with Crippen molar-refractivity contribution in [1.29, 1.82) is 0 Å². The molecule has 17 heavy (non-hydrogen) atoms. The maximum atomic E-state index is 11.1. The summed E-state index contributed by atoms with van der Waals surface area (Å²) in [7, 11) is 1.52. The predicted molar refractivity (Wildman–Crippen MR) is 59.5 cm³/mol. The largest absolute Gasteiger partial charge is 0.463 e. The summed E-state index contributed by atoms with van der Waals surface area (Å²) in [4.78, 5) is 22.2. The van der Waals surface area contributed by atoms with Gasteiger partial charge in [-0.25, -0.2) is 0 Å². The van der Waals surface area contributed by atoms with Crippen LogP contribution in [-0.2, 0) is 28.5 Å². The summed E-state index contributed by atoms with van der Waals surface area (Å²) < 4.78 is 19.3. The molecule has 0 aromatic heterocycles. The fraction of sp³-hybridized carbons (Fsp3) is 0.818. The van der Waals surface area contributed by atoms with Gasteiger partial charge in [0.2, 0.25) is 0 Å². The van der Waals surface area contributed by atoms with Gasteiger partial charge in [-0.2, -0.15) is 0 Å². The third kappa shape index (κ3) is 11.1. The van der Waals surface area contributed by atoms with Crippen molar-refractivity contribution in [3.05, 3.63) is 0 Å². The fourth-order valence-corrected chi connectivity index (χ4v) is 0.946. The molecule has 0 saturated carbocycles. The van der Waals surface area contributed by atoms with Gasteiger partial charge in [-0.1, -0.05) is 0 Å². The minimum atomic E-state index is -0.427. The Hall–Kier alpha value is -1.14. The standard InChI is InChI=1S/C11H20O6/c1-3-15-7-9-17-11(13)5-4-10(12)16-8-6-14-2/h3-9H2,1-2H3. The first kappa shape index (κ1) is 15.9. The van der Waals surface area contributed by atoms with Crippen molar-refractivity contribution in [2.75, 3.05) is 40.1 Å². The second-order valence-electron chi connectivity index (χ2n) is 3.13. The van der Waals surface area contributed by atoms with E-state index in [1.807, 2.05) is 6.92 Å². The van der Waals surface area contributed by atoms with E-state index in [4.69, 9.17) is 18.9 Å². The molecule has 6 nitrogen and oxygen atoms in total. The topological polar surface area (TPSA) is 71.1 Å². The molecule has 100 valence electrons. The van der Waals surface area contributed by atoms with E-state index in [9.17, 15) is 9.59 Å². The lowest BCUT2D eigenvalue weighted by Crippen LogP contribution is -2.14. The van der Waals surface area contributed by atoms with Crippen LogP contribution in [-0.4, -0.2) is 52.1 Å². The van der Waals surface area contributed by atoms with Crippen LogP contribution in [0.1, 0.15) is 19.8 Å². The Labute approximate surface area is 101 Å². The van der Waals surface area contributed by atoms with Crippen molar-refractivity contribution < 1.29 is 28.5 Å². The van der Waals surface area contributed by atoms with E-state index in [0.717, 1.165) is 0 Å². The summed E-state index contributed by atoms with van der Waals surface area (Å²) in [5.74, 6) is -0.850. The Kier molecular flexibility index (Phi) is 10.6. The highest BCUT2D eigenvalue weighted by Gasteiger charge is 2.08. The summed E-state index contributed by atoms with van der Waals surface area (Å²) >= 11 is 0. The van der Waals surface area contributed by atoms with Crippen molar-refractivity contribution in [2.45, 2.75) is 19.8 Å². The van der Waals surface area contributed by atoms with E-state index >= 15 is 0 Å². The Morgan fingerprint density at radius 1 is 0.882 bits per heavy atom. The summed E-state index contributed by atoms with van der Waals surface area (Å²) in [5, 5.41) is 0. The molecule has 0 fully saturated rings. The lowest BCUT2D eigenvalue weighted by atomic mass is 10.3. The average molecular weight is 248 g/mol. The first-order chi connectivity index (χ1) is 8.20. The van der Waals surface area contributed by atoms with Crippen LogP contribution in [0.5, 0.6) is 0 Å². The van der Waals surface area contributed by atoms with E-state index in [1.165, 1.54) is 7.11 Å². The molecule has 0 amide bonds. The van der Waals surface area contributed by atoms with Crippen LogP contribution in [0.4, 0.5) is 0 Å². The molecule has 0 spiro atoms. The molecule has 0 N–H and O–H groups in total. The van der Waals surface area contributed by atoms with Crippen LogP contribution in [0.2, 0.25) is 0 Å². The second-order valence-corrected chi connectivity index (χ2v) is 3.13. The molecule has 0 aliphatic heterocycles. The van der Waals surface area contributed by atoms with Crippen LogP contribution < -0.4 is 0 Å². The quantitative estimate of drug-likeness (QED) is 0.415. The van der Waals surface area contributed by atoms with Crippen LogP contribution in [0.3, 0.4) is 0 Å². The summed E-state index contributed by atoms with van der Waals surface area (Å²) in [5.41, 5.74) is 0. The van der Waals surface area contributed by atoms with E-state index in [1.54, 1.807) is 0 Å². The monoisotopic (exact) mass is 248 g/mol. The Balaban J connectivity index is 3.39. The maximum Gasteiger partial charge on any atom is 0.306 e. The van der Waals surface area contributed by atoms with Crippen molar-refractivity contribution >= 4 is 11.9 Å². The Bertz CT molecular complexity index is 216. The third-order valence-corrected chi connectivity index (χ3v) is 1.78.